The molecule has 2 aromatic heterocycles. The summed E-state index contributed by atoms with van der Waals surface area (Å²) in [4.78, 5) is 5.85. The molecule has 5 rings (SSSR count). The quantitative estimate of drug-likeness (QED) is 0.294. The first-order valence-electron chi connectivity index (χ1n) is 11.2. The molecule has 2 aromatic carbocycles. The van der Waals surface area contributed by atoms with Crippen LogP contribution in [0, 0.1) is 6.92 Å². The van der Waals surface area contributed by atoms with Crippen LogP contribution in [0.1, 0.15) is 41.7 Å². The molecular formula is C25H23ClN4O3S2. The molecule has 0 saturated heterocycles. The Labute approximate surface area is 213 Å². The molecule has 35 heavy (non-hydrogen) atoms. The Hall–Kier alpha value is -2.85. The molecule has 0 saturated carbocycles. The number of aliphatic imine (C=N–C) groups is 1. The van der Waals surface area contributed by atoms with Crippen LogP contribution in [0.4, 0.5) is 0 Å². The van der Waals surface area contributed by atoms with E-state index in [9.17, 15) is 8.42 Å². The van der Waals surface area contributed by atoms with E-state index in [2.05, 4.69) is 16.3 Å². The fourth-order valence-corrected chi connectivity index (χ4v) is 6.56. The molecule has 180 valence electrons. The fourth-order valence-electron chi connectivity index (χ4n) is 4.02. The number of thiophene rings is 1. The Balaban J connectivity index is 1.60. The van der Waals surface area contributed by atoms with Gasteiger partial charge in [-0.3, -0.25) is 13.7 Å². The molecular weight excluding hydrogens is 504 g/mol. The molecule has 0 radical (unpaired) electrons. The summed E-state index contributed by atoms with van der Waals surface area (Å²) in [5.74, 6) is 1.36. The number of hydrogen-bond acceptors (Lipinski definition) is 7. The molecule has 1 aliphatic heterocycles. The van der Waals surface area contributed by atoms with Gasteiger partial charge in [-0.2, -0.15) is 8.42 Å². The number of aromatic nitrogens is 3. The minimum Gasteiger partial charge on any atom is -0.276 e. The lowest BCUT2D eigenvalue weighted by atomic mass is 10.0. The van der Waals surface area contributed by atoms with Crippen LogP contribution in [-0.4, -0.2) is 35.5 Å². The van der Waals surface area contributed by atoms with Gasteiger partial charge in [0.2, 0.25) is 0 Å². The Morgan fingerprint density at radius 1 is 1.09 bits per heavy atom. The smallest absolute Gasteiger partial charge is 0.271 e. The van der Waals surface area contributed by atoms with Crippen LogP contribution in [0.25, 0.3) is 15.4 Å². The summed E-state index contributed by atoms with van der Waals surface area (Å²) >= 11 is 8.14. The van der Waals surface area contributed by atoms with Crippen LogP contribution < -0.4 is 0 Å². The van der Waals surface area contributed by atoms with E-state index in [0.29, 0.717) is 23.6 Å². The number of fused-ring (bicyclic) bond motifs is 3. The number of benzene rings is 2. The highest BCUT2D eigenvalue weighted by Crippen LogP contribution is 2.39. The van der Waals surface area contributed by atoms with E-state index >= 15 is 0 Å². The van der Waals surface area contributed by atoms with Crippen molar-refractivity contribution >= 4 is 38.8 Å². The van der Waals surface area contributed by atoms with E-state index in [1.165, 1.54) is 0 Å². The maximum atomic E-state index is 12.3. The summed E-state index contributed by atoms with van der Waals surface area (Å²) < 4.78 is 31.7. The molecule has 0 aliphatic carbocycles. The molecule has 0 unspecified atom stereocenters. The van der Waals surface area contributed by atoms with E-state index in [4.69, 9.17) is 20.8 Å². The number of halogens is 1. The van der Waals surface area contributed by atoms with Crippen molar-refractivity contribution in [2.45, 2.75) is 32.6 Å². The lowest BCUT2D eigenvalue weighted by molar-refractivity contribution is 0.317. The normalized spacial score (nSPS) is 13.2. The zero-order chi connectivity index (χ0) is 24.6. The number of rotatable bonds is 7. The number of aryl methyl sites for hydroxylation is 1. The second-order valence-corrected chi connectivity index (χ2v) is 11.3. The van der Waals surface area contributed by atoms with Gasteiger partial charge in [0.05, 0.1) is 12.3 Å². The predicted molar refractivity (Wildman–Crippen MR) is 139 cm³/mol. The van der Waals surface area contributed by atoms with Crippen molar-refractivity contribution in [3.63, 3.8) is 0 Å². The Bertz CT molecular complexity index is 1540. The summed E-state index contributed by atoms with van der Waals surface area (Å²) in [6.45, 7) is 4.37. The monoisotopic (exact) mass is 526 g/mol. The molecule has 1 aliphatic rings. The second-order valence-electron chi connectivity index (χ2n) is 8.20. The molecule has 0 fully saturated rings. The van der Waals surface area contributed by atoms with E-state index in [1.54, 1.807) is 17.4 Å². The maximum Gasteiger partial charge on any atom is 0.271 e. The third kappa shape index (κ3) is 4.81. The summed E-state index contributed by atoms with van der Waals surface area (Å²) in [6, 6.07) is 17.3. The standard InChI is InChI=1S/C25H23ClN4O3S2/c1-3-11-33-35(31,32)15-17-7-6-8-18(12-17)22-13-20-24(19-9-4-5-10-21(19)26)27-14-23-29-28-16(2)30(23)25(20)34-22/h4-10,12-13H,3,11,14-15H2,1-2H3. The highest BCUT2D eigenvalue weighted by molar-refractivity contribution is 7.85. The van der Waals surface area contributed by atoms with Gasteiger partial charge in [-0.05, 0) is 42.7 Å². The highest BCUT2D eigenvalue weighted by atomic mass is 35.5. The van der Waals surface area contributed by atoms with E-state index in [1.807, 2.05) is 60.9 Å². The van der Waals surface area contributed by atoms with Crippen LogP contribution in [0.2, 0.25) is 5.02 Å². The van der Waals surface area contributed by atoms with Crippen molar-refractivity contribution in [2.24, 2.45) is 4.99 Å². The van der Waals surface area contributed by atoms with Gasteiger partial charge in [-0.25, -0.2) is 0 Å². The predicted octanol–water partition coefficient (Wildman–Crippen LogP) is 5.57. The molecule has 0 N–H and O–H groups in total. The molecule has 10 heteroatoms. The van der Waals surface area contributed by atoms with E-state index < -0.39 is 10.1 Å². The highest BCUT2D eigenvalue weighted by Gasteiger charge is 2.26. The average molecular weight is 527 g/mol. The molecule has 0 spiro atoms. The minimum atomic E-state index is -3.64. The second kappa shape index (κ2) is 9.66. The van der Waals surface area contributed by atoms with Gasteiger partial charge in [0.25, 0.3) is 10.1 Å². The third-order valence-corrected chi connectivity index (χ3v) is 8.30. The molecule has 7 nitrogen and oxygen atoms in total. The zero-order valence-electron chi connectivity index (χ0n) is 19.2. The Kier molecular flexibility index (Phi) is 6.59. The summed E-state index contributed by atoms with van der Waals surface area (Å²) in [5.41, 5.74) is 4.17. The van der Waals surface area contributed by atoms with Gasteiger partial charge in [-0.15, -0.1) is 21.5 Å². The van der Waals surface area contributed by atoms with Crippen molar-refractivity contribution in [1.29, 1.82) is 0 Å². The van der Waals surface area contributed by atoms with Crippen LogP contribution in [-0.2, 0) is 26.6 Å². The lowest BCUT2D eigenvalue weighted by Gasteiger charge is -2.08. The van der Waals surface area contributed by atoms with E-state index in [-0.39, 0.29) is 12.4 Å². The van der Waals surface area contributed by atoms with Crippen LogP contribution in [0.3, 0.4) is 0 Å². The van der Waals surface area contributed by atoms with Gasteiger partial charge < -0.3 is 0 Å². The van der Waals surface area contributed by atoms with Gasteiger partial charge in [0.1, 0.15) is 23.1 Å². The lowest BCUT2D eigenvalue weighted by Crippen LogP contribution is -2.09. The van der Waals surface area contributed by atoms with Gasteiger partial charge in [0, 0.05) is 21.0 Å². The minimum absolute atomic E-state index is 0.174. The average Bonchev–Trinajstić information content (AvgIpc) is 3.38. The molecule has 3 heterocycles. The summed E-state index contributed by atoms with van der Waals surface area (Å²) in [6.07, 6.45) is 0.639. The summed E-state index contributed by atoms with van der Waals surface area (Å²) in [7, 11) is -3.64. The first-order valence-corrected chi connectivity index (χ1v) is 13.9. The molecule has 0 bridgehead atoms. The van der Waals surface area contributed by atoms with Crippen molar-refractivity contribution in [2.75, 3.05) is 6.61 Å². The largest absolute Gasteiger partial charge is 0.276 e. The van der Waals surface area contributed by atoms with Crippen molar-refractivity contribution < 1.29 is 12.6 Å². The van der Waals surface area contributed by atoms with Crippen LogP contribution in [0.15, 0.2) is 59.6 Å². The topological polar surface area (TPSA) is 86.4 Å². The third-order valence-electron chi connectivity index (χ3n) is 5.59. The Morgan fingerprint density at radius 3 is 2.71 bits per heavy atom. The SMILES string of the molecule is CCCOS(=O)(=O)Cc1cccc(-c2cc3c(s2)-n2c(C)nnc2CN=C3c2ccccc2Cl)c1. The van der Waals surface area contributed by atoms with Gasteiger partial charge >= 0.3 is 0 Å². The van der Waals surface area contributed by atoms with Crippen molar-refractivity contribution in [3.8, 4) is 15.4 Å². The van der Waals surface area contributed by atoms with Crippen LogP contribution in [0.5, 0.6) is 0 Å². The number of nitrogens with zero attached hydrogens (tertiary/aromatic N) is 4. The van der Waals surface area contributed by atoms with Gasteiger partial charge in [-0.1, -0.05) is 54.9 Å². The zero-order valence-corrected chi connectivity index (χ0v) is 21.6. The fraction of sp³-hybridized carbons (Fsp3) is 0.240. The van der Waals surface area contributed by atoms with E-state index in [0.717, 1.165) is 43.9 Å². The molecule has 0 atom stereocenters. The van der Waals surface area contributed by atoms with Crippen LogP contribution >= 0.6 is 22.9 Å². The first kappa shape index (κ1) is 23.9. The van der Waals surface area contributed by atoms with Gasteiger partial charge in [0.15, 0.2) is 5.82 Å². The van der Waals surface area contributed by atoms with Crippen molar-refractivity contribution in [1.82, 2.24) is 14.8 Å². The Morgan fingerprint density at radius 2 is 1.91 bits per heavy atom. The maximum absolute atomic E-state index is 12.3. The number of hydrogen-bond donors (Lipinski definition) is 0. The summed E-state index contributed by atoms with van der Waals surface area (Å²) in [5, 5.41) is 10.2. The first-order chi connectivity index (χ1) is 16.9. The molecule has 0 amide bonds. The van der Waals surface area contributed by atoms with Crippen molar-refractivity contribution in [3.05, 3.63) is 88.0 Å². The molecule has 4 aromatic rings.